The molecule has 0 spiro atoms. The second-order valence-electron chi connectivity index (χ2n) is 6.47. The van der Waals surface area contributed by atoms with E-state index in [-0.39, 0.29) is 30.7 Å². The third kappa shape index (κ3) is 4.48. The molecule has 160 valence electrons. The molecule has 3 aromatic rings. The Labute approximate surface area is 182 Å². The van der Waals surface area contributed by atoms with E-state index in [4.69, 9.17) is 18.7 Å². The fraction of sp³-hybridized carbons (Fsp3) is 0.238. The minimum absolute atomic E-state index is 0.127. The minimum atomic E-state index is -0.572. The number of anilines is 1. The predicted octanol–water partition coefficient (Wildman–Crippen LogP) is 2.94. The molecule has 1 aliphatic rings. The Morgan fingerprint density at radius 3 is 2.84 bits per heavy atom. The summed E-state index contributed by atoms with van der Waals surface area (Å²) in [6.07, 6.45) is 0. The number of fused-ring (bicyclic) bond motifs is 1. The van der Waals surface area contributed by atoms with Crippen LogP contribution in [0.4, 0.5) is 5.69 Å². The van der Waals surface area contributed by atoms with Crippen LogP contribution in [0.1, 0.15) is 5.89 Å². The monoisotopic (exact) mass is 441 g/mol. The van der Waals surface area contributed by atoms with Crippen molar-refractivity contribution in [2.24, 2.45) is 0 Å². The van der Waals surface area contributed by atoms with Crippen molar-refractivity contribution in [3.05, 3.63) is 48.4 Å². The van der Waals surface area contributed by atoms with Gasteiger partial charge in [0.2, 0.25) is 11.7 Å². The van der Waals surface area contributed by atoms with Crippen LogP contribution in [-0.2, 0) is 20.9 Å². The standard InChI is InChI=1S/C21H19N3O6S/c1-27-13-7-8-14(16(9-13)28-2)21-22-18(30-23-21)11-29-20(26)10-24-15-5-3-4-6-17(15)31-12-19(24)25/h3-9H,10-12H2,1-2H3. The highest BCUT2D eigenvalue weighted by Crippen LogP contribution is 2.35. The van der Waals surface area contributed by atoms with Gasteiger partial charge >= 0.3 is 5.97 Å². The molecule has 31 heavy (non-hydrogen) atoms. The number of nitrogens with zero attached hydrogens (tertiary/aromatic N) is 3. The van der Waals surface area contributed by atoms with Crippen LogP contribution in [0.2, 0.25) is 0 Å². The summed E-state index contributed by atoms with van der Waals surface area (Å²) in [4.78, 5) is 31.2. The highest BCUT2D eigenvalue weighted by molar-refractivity contribution is 8.00. The average molecular weight is 441 g/mol. The summed E-state index contributed by atoms with van der Waals surface area (Å²) in [7, 11) is 3.09. The van der Waals surface area contributed by atoms with Crippen LogP contribution in [0.25, 0.3) is 11.4 Å². The molecular weight excluding hydrogens is 422 g/mol. The molecule has 2 heterocycles. The van der Waals surface area contributed by atoms with Crippen molar-refractivity contribution in [2.75, 3.05) is 31.4 Å². The topological polar surface area (TPSA) is 104 Å². The number of carbonyl (C=O) groups is 2. The van der Waals surface area contributed by atoms with E-state index in [0.717, 1.165) is 4.90 Å². The minimum Gasteiger partial charge on any atom is -0.497 e. The van der Waals surface area contributed by atoms with Crippen LogP contribution >= 0.6 is 11.8 Å². The molecule has 10 heteroatoms. The van der Waals surface area contributed by atoms with E-state index in [2.05, 4.69) is 10.1 Å². The highest BCUT2D eigenvalue weighted by atomic mass is 32.2. The van der Waals surface area contributed by atoms with Gasteiger partial charge in [-0.25, -0.2) is 0 Å². The second kappa shape index (κ2) is 9.09. The smallest absolute Gasteiger partial charge is 0.326 e. The normalized spacial score (nSPS) is 13.0. The van der Waals surface area contributed by atoms with Gasteiger partial charge < -0.3 is 18.7 Å². The SMILES string of the molecule is COc1ccc(-c2noc(COC(=O)CN3C(=O)CSc4ccccc43)n2)c(OC)c1. The summed E-state index contributed by atoms with van der Waals surface area (Å²) in [5.74, 6) is 1.13. The number of hydrogen-bond donors (Lipinski definition) is 0. The molecule has 0 unspecified atom stereocenters. The molecule has 0 saturated heterocycles. The van der Waals surface area contributed by atoms with E-state index in [1.54, 1.807) is 31.4 Å². The summed E-state index contributed by atoms with van der Waals surface area (Å²) >= 11 is 1.45. The average Bonchev–Trinajstić information content (AvgIpc) is 3.28. The van der Waals surface area contributed by atoms with Crippen LogP contribution in [-0.4, -0.2) is 48.5 Å². The lowest BCUT2D eigenvalue weighted by Gasteiger charge is -2.27. The first-order valence-corrected chi connectivity index (χ1v) is 10.3. The predicted molar refractivity (Wildman–Crippen MR) is 112 cm³/mol. The van der Waals surface area contributed by atoms with Gasteiger partial charge in [-0.2, -0.15) is 4.98 Å². The molecule has 1 amide bonds. The van der Waals surface area contributed by atoms with Crippen molar-refractivity contribution in [1.82, 2.24) is 10.1 Å². The van der Waals surface area contributed by atoms with Crippen LogP contribution in [0.15, 0.2) is 51.9 Å². The number of aromatic nitrogens is 2. The maximum atomic E-state index is 12.3. The zero-order valence-electron chi connectivity index (χ0n) is 16.9. The van der Waals surface area contributed by atoms with Crippen LogP contribution in [0, 0.1) is 0 Å². The number of benzene rings is 2. The lowest BCUT2D eigenvalue weighted by atomic mass is 10.2. The van der Waals surface area contributed by atoms with Gasteiger partial charge in [0.25, 0.3) is 5.89 Å². The second-order valence-corrected chi connectivity index (χ2v) is 7.49. The molecule has 0 radical (unpaired) electrons. The summed E-state index contributed by atoms with van der Waals surface area (Å²) in [5, 5.41) is 3.92. The van der Waals surface area contributed by atoms with Gasteiger partial charge in [-0.1, -0.05) is 17.3 Å². The number of esters is 1. The Morgan fingerprint density at radius 2 is 2.03 bits per heavy atom. The van der Waals surface area contributed by atoms with Crippen molar-refractivity contribution in [3.63, 3.8) is 0 Å². The maximum absolute atomic E-state index is 12.3. The number of rotatable bonds is 7. The molecule has 0 aliphatic carbocycles. The van der Waals surface area contributed by atoms with Crippen molar-refractivity contribution in [2.45, 2.75) is 11.5 Å². The summed E-state index contributed by atoms with van der Waals surface area (Å²) in [6, 6.07) is 12.6. The van der Waals surface area contributed by atoms with Crippen LogP contribution in [0.5, 0.6) is 11.5 Å². The van der Waals surface area contributed by atoms with E-state index in [9.17, 15) is 9.59 Å². The van der Waals surface area contributed by atoms with Gasteiger partial charge in [0.1, 0.15) is 18.0 Å². The molecule has 0 atom stereocenters. The molecule has 2 aromatic carbocycles. The summed E-state index contributed by atoms with van der Waals surface area (Å²) < 4.78 is 21.0. The summed E-state index contributed by atoms with van der Waals surface area (Å²) in [5.41, 5.74) is 1.31. The number of thioether (sulfide) groups is 1. The molecule has 0 bridgehead atoms. The quantitative estimate of drug-likeness (QED) is 0.512. The number of amides is 1. The lowest BCUT2D eigenvalue weighted by Crippen LogP contribution is -2.39. The van der Waals surface area contributed by atoms with Crippen LogP contribution in [0.3, 0.4) is 0 Å². The van der Waals surface area contributed by atoms with Gasteiger partial charge in [-0.3, -0.25) is 14.5 Å². The summed E-state index contributed by atoms with van der Waals surface area (Å²) in [6.45, 7) is -0.396. The van der Waals surface area contributed by atoms with Crippen molar-refractivity contribution in [3.8, 4) is 22.9 Å². The molecule has 0 N–H and O–H groups in total. The number of para-hydroxylation sites is 1. The first-order valence-electron chi connectivity index (χ1n) is 9.32. The third-order valence-electron chi connectivity index (χ3n) is 4.57. The maximum Gasteiger partial charge on any atom is 0.326 e. The fourth-order valence-electron chi connectivity index (χ4n) is 3.05. The van der Waals surface area contributed by atoms with E-state index >= 15 is 0 Å². The van der Waals surface area contributed by atoms with E-state index in [1.807, 2.05) is 18.2 Å². The van der Waals surface area contributed by atoms with Crippen LogP contribution < -0.4 is 14.4 Å². The van der Waals surface area contributed by atoms with Crippen molar-refractivity contribution in [1.29, 1.82) is 0 Å². The molecule has 4 rings (SSSR count). The van der Waals surface area contributed by atoms with E-state index < -0.39 is 5.97 Å². The molecule has 0 fully saturated rings. The number of carbonyl (C=O) groups excluding carboxylic acids is 2. The number of hydrogen-bond acceptors (Lipinski definition) is 9. The number of ether oxygens (including phenoxy) is 3. The highest BCUT2D eigenvalue weighted by Gasteiger charge is 2.27. The van der Waals surface area contributed by atoms with Gasteiger partial charge in [0.05, 0.1) is 31.2 Å². The Bertz CT molecular complexity index is 1120. The molecule has 9 nitrogen and oxygen atoms in total. The first-order chi connectivity index (χ1) is 15.1. The third-order valence-corrected chi connectivity index (χ3v) is 5.62. The Morgan fingerprint density at radius 1 is 1.19 bits per heavy atom. The Balaban J connectivity index is 1.40. The Hall–Kier alpha value is -3.53. The van der Waals surface area contributed by atoms with Gasteiger partial charge in [-0.05, 0) is 24.3 Å². The van der Waals surface area contributed by atoms with Gasteiger partial charge in [0.15, 0.2) is 6.61 Å². The van der Waals surface area contributed by atoms with E-state index in [0.29, 0.717) is 28.6 Å². The lowest BCUT2D eigenvalue weighted by molar-refractivity contribution is -0.144. The zero-order chi connectivity index (χ0) is 21.8. The van der Waals surface area contributed by atoms with E-state index in [1.165, 1.54) is 23.8 Å². The largest absolute Gasteiger partial charge is 0.497 e. The number of methoxy groups -OCH3 is 2. The molecular formula is C21H19N3O6S. The molecule has 0 saturated carbocycles. The Kier molecular flexibility index (Phi) is 6.08. The van der Waals surface area contributed by atoms with Gasteiger partial charge in [0, 0.05) is 11.0 Å². The first kappa shape index (κ1) is 20.7. The van der Waals surface area contributed by atoms with Gasteiger partial charge in [-0.15, -0.1) is 11.8 Å². The van der Waals surface area contributed by atoms with Crippen molar-refractivity contribution < 1.29 is 28.3 Å². The molecule has 1 aliphatic heterocycles. The zero-order valence-corrected chi connectivity index (χ0v) is 17.7. The van der Waals surface area contributed by atoms with Crippen molar-refractivity contribution >= 4 is 29.3 Å². The molecule has 1 aromatic heterocycles. The fourth-order valence-corrected chi connectivity index (χ4v) is 3.99.